The zero-order valence-corrected chi connectivity index (χ0v) is 12.4. The Morgan fingerprint density at radius 2 is 2.00 bits per heavy atom. The molecular formula is C16H19N5O. The van der Waals surface area contributed by atoms with E-state index in [0.717, 1.165) is 49.6 Å². The summed E-state index contributed by atoms with van der Waals surface area (Å²) in [6, 6.07) is 7.98. The van der Waals surface area contributed by atoms with Gasteiger partial charge in [0.15, 0.2) is 11.5 Å². The molecule has 6 heteroatoms. The van der Waals surface area contributed by atoms with Crippen LogP contribution in [0.4, 0.5) is 0 Å². The first-order chi connectivity index (χ1) is 10.9. The maximum atomic E-state index is 5.94. The molecule has 0 aliphatic carbocycles. The molecule has 0 bridgehead atoms. The zero-order valence-electron chi connectivity index (χ0n) is 12.4. The zero-order chi connectivity index (χ0) is 14.8. The lowest BCUT2D eigenvalue weighted by molar-refractivity contribution is 0.188. The second-order valence-corrected chi connectivity index (χ2v) is 5.86. The van der Waals surface area contributed by atoms with E-state index in [4.69, 9.17) is 4.42 Å². The lowest BCUT2D eigenvalue weighted by atomic mass is 9.98. The second-order valence-electron chi connectivity index (χ2n) is 5.86. The van der Waals surface area contributed by atoms with Crippen molar-refractivity contribution in [2.45, 2.75) is 25.3 Å². The van der Waals surface area contributed by atoms with Gasteiger partial charge in [-0.2, -0.15) is 0 Å². The van der Waals surface area contributed by atoms with Crippen molar-refractivity contribution in [1.82, 2.24) is 24.6 Å². The van der Waals surface area contributed by atoms with Gasteiger partial charge in [-0.1, -0.05) is 12.1 Å². The third-order valence-corrected chi connectivity index (χ3v) is 4.31. The van der Waals surface area contributed by atoms with E-state index >= 15 is 0 Å². The summed E-state index contributed by atoms with van der Waals surface area (Å²) in [4.78, 5) is 7.14. The molecule has 1 aliphatic heterocycles. The molecule has 1 unspecified atom stereocenters. The molecule has 1 atom stereocenters. The van der Waals surface area contributed by atoms with Gasteiger partial charge in [0.1, 0.15) is 18.2 Å². The normalized spacial score (nSPS) is 19.7. The summed E-state index contributed by atoms with van der Waals surface area (Å²) < 4.78 is 7.96. The second kappa shape index (κ2) is 5.88. The van der Waals surface area contributed by atoms with Crippen molar-refractivity contribution in [1.29, 1.82) is 0 Å². The number of rotatable bonds is 4. The van der Waals surface area contributed by atoms with E-state index in [1.54, 1.807) is 12.7 Å². The molecular weight excluding hydrogens is 278 g/mol. The van der Waals surface area contributed by atoms with Crippen LogP contribution in [0.25, 0.3) is 11.1 Å². The van der Waals surface area contributed by atoms with Crippen LogP contribution in [0.5, 0.6) is 0 Å². The molecule has 1 aliphatic rings. The molecule has 1 saturated heterocycles. The minimum atomic E-state index is 0.391. The predicted octanol–water partition coefficient (Wildman–Crippen LogP) is 2.30. The van der Waals surface area contributed by atoms with Crippen molar-refractivity contribution in [2.75, 3.05) is 19.6 Å². The van der Waals surface area contributed by atoms with Crippen LogP contribution in [0.1, 0.15) is 24.7 Å². The van der Waals surface area contributed by atoms with Crippen molar-refractivity contribution >= 4 is 11.1 Å². The first kappa shape index (κ1) is 13.5. The van der Waals surface area contributed by atoms with Gasteiger partial charge >= 0.3 is 0 Å². The number of benzene rings is 1. The maximum Gasteiger partial charge on any atom is 0.199 e. The average molecular weight is 297 g/mol. The Balaban J connectivity index is 1.43. The number of nitrogens with zero attached hydrogens (tertiary/aromatic N) is 5. The van der Waals surface area contributed by atoms with Crippen LogP contribution >= 0.6 is 0 Å². The fourth-order valence-corrected chi connectivity index (χ4v) is 3.12. The number of likely N-dealkylation sites (tertiary alicyclic amines) is 1. The Kier molecular flexibility index (Phi) is 3.60. The molecule has 1 aromatic carbocycles. The number of aromatic nitrogens is 4. The third-order valence-electron chi connectivity index (χ3n) is 4.31. The molecule has 4 rings (SSSR count). The van der Waals surface area contributed by atoms with Crippen molar-refractivity contribution in [3.63, 3.8) is 0 Å². The van der Waals surface area contributed by atoms with Gasteiger partial charge in [-0.3, -0.25) is 0 Å². The van der Waals surface area contributed by atoms with Crippen LogP contribution < -0.4 is 0 Å². The number of para-hydroxylation sites is 2. The van der Waals surface area contributed by atoms with E-state index in [9.17, 15) is 0 Å². The lowest BCUT2D eigenvalue weighted by Crippen LogP contribution is -2.36. The highest BCUT2D eigenvalue weighted by atomic mass is 16.3. The van der Waals surface area contributed by atoms with Gasteiger partial charge in [0.05, 0.1) is 0 Å². The van der Waals surface area contributed by atoms with E-state index in [-0.39, 0.29) is 0 Å². The van der Waals surface area contributed by atoms with Gasteiger partial charge in [-0.25, -0.2) is 4.98 Å². The molecule has 2 aromatic heterocycles. The molecule has 0 saturated carbocycles. The standard InChI is InChI=1S/C16H19N5O/c1-2-6-15-14(5-1)19-16(22-15)13-4-3-7-20(10-13)8-9-21-11-17-18-12-21/h1-2,5-6,11-13H,3-4,7-10H2. The fraction of sp³-hybridized carbons (Fsp3) is 0.438. The van der Waals surface area contributed by atoms with E-state index in [2.05, 4.69) is 20.1 Å². The Hall–Kier alpha value is -2.21. The molecule has 3 heterocycles. The molecule has 3 aromatic rings. The van der Waals surface area contributed by atoms with Crippen molar-refractivity contribution in [2.24, 2.45) is 0 Å². The fourth-order valence-electron chi connectivity index (χ4n) is 3.12. The van der Waals surface area contributed by atoms with Crippen LogP contribution in [-0.4, -0.2) is 44.3 Å². The Morgan fingerprint density at radius 1 is 1.14 bits per heavy atom. The number of piperidine rings is 1. The van der Waals surface area contributed by atoms with Gasteiger partial charge in [0.2, 0.25) is 0 Å². The molecule has 0 spiro atoms. The van der Waals surface area contributed by atoms with Crippen LogP contribution in [0, 0.1) is 0 Å². The number of hydrogen-bond donors (Lipinski definition) is 0. The summed E-state index contributed by atoms with van der Waals surface area (Å²) in [6.45, 7) is 4.08. The smallest absolute Gasteiger partial charge is 0.199 e. The van der Waals surface area contributed by atoms with E-state index < -0.39 is 0 Å². The highest BCUT2D eigenvalue weighted by Crippen LogP contribution is 2.28. The molecule has 0 N–H and O–H groups in total. The molecule has 114 valence electrons. The first-order valence-electron chi connectivity index (χ1n) is 7.79. The highest BCUT2D eigenvalue weighted by Gasteiger charge is 2.25. The third kappa shape index (κ3) is 2.74. The molecule has 6 nitrogen and oxygen atoms in total. The van der Waals surface area contributed by atoms with Gasteiger partial charge in [-0.15, -0.1) is 10.2 Å². The Labute approximate surface area is 128 Å². The van der Waals surface area contributed by atoms with Gasteiger partial charge in [0.25, 0.3) is 0 Å². The van der Waals surface area contributed by atoms with Crippen LogP contribution in [0.3, 0.4) is 0 Å². The average Bonchev–Trinajstić information content (AvgIpc) is 3.22. The number of fused-ring (bicyclic) bond motifs is 1. The number of hydrogen-bond acceptors (Lipinski definition) is 5. The van der Waals surface area contributed by atoms with Crippen molar-refractivity contribution in [3.8, 4) is 0 Å². The Morgan fingerprint density at radius 3 is 2.86 bits per heavy atom. The summed E-state index contributed by atoms with van der Waals surface area (Å²) in [6.07, 6.45) is 5.87. The SMILES string of the molecule is c1ccc2oc(C3CCCN(CCn4cnnc4)C3)nc2c1. The minimum absolute atomic E-state index is 0.391. The summed E-state index contributed by atoms with van der Waals surface area (Å²) in [5.41, 5.74) is 1.85. The van der Waals surface area contributed by atoms with Crippen molar-refractivity contribution < 1.29 is 4.42 Å². The van der Waals surface area contributed by atoms with Crippen LogP contribution in [0.2, 0.25) is 0 Å². The lowest BCUT2D eigenvalue weighted by Gasteiger charge is -2.31. The van der Waals surface area contributed by atoms with Crippen LogP contribution in [-0.2, 0) is 6.54 Å². The highest BCUT2D eigenvalue weighted by molar-refractivity contribution is 5.72. The molecule has 0 amide bonds. The van der Waals surface area contributed by atoms with Gasteiger partial charge < -0.3 is 13.9 Å². The van der Waals surface area contributed by atoms with Crippen molar-refractivity contribution in [3.05, 3.63) is 42.8 Å². The molecule has 0 radical (unpaired) electrons. The monoisotopic (exact) mass is 297 g/mol. The summed E-state index contributed by atoms with van der Waals surface area (Å²) in [5.74, 6) is 1.28. The maximum absolute atomic E-state index is 5.94. The van der Waals surface area contributed by atoms with Crippen LogP contribution in [0.15, 0.2) is 41.3 Å². The summed E-state index contributed by atoms with van der Waals surface area (Å²) in [7, 11) is 0. The molecule has 1 fully saturated rings. The number of oxazole rings is 1. The molecule has 22 heavy (non-hydrogen) atoms. The van der Waals surface area contributed by atoms with E-state index in [0.29, 0.717) is 5.92 Å². The minimum Gasteiger partial charge on any atom is -0.440 e. The topological polar surface area (TPSA) is 60.0 Å². The van der Waals surface area contributed by atoms with Gasteiger partial charge in [-0.05, 0) is 31.5 Å². The largest absolute Gasteiger partial charge is 0.440 e. The predicted molar refractivity (Wildman–Crippen MR) is 82.4 cm³/mol. The van der Waals surface area contributed by atoms with E-state index in [1.807, 2.05) is 28.8 Å². The first-order valence-corrected chi connectivity index (χ1v) is 7.79. The quantitative estimate of drug-likeness (QED) is 0.739. The summed E-state index contributed by atoms with van der Waals surface area (Å²) in [5, 5.41) is 7.68. The van der Waals surface area contributed by atoms with Gasteiger partial charge in [0, 0.05) is 25.6 Å². The summed E-state index contributed by atoms with van der Waals surface area (Å²) >= 11 is 0. The van der Waals surface area contributed by atoms with E-state index in [1.165, 1.54) is 6.42 Å². The Bertz CT molecular complexity index is 703.